The lowest BCUT2D eigenvalue weighted by atomic mass is 10.00. The van der Waals surface area contributed by atoms with Gasteiger partial charge in [0, 0.05) is 18.6 Å². The van der Waals surface area contributed by atoms with Gasteiger partial charge in [0.1, 0.15) is 0 Å². The van der Waals surface area contributed by atoms with Crippen LogP contribution < -0.4 is 16.0 Å². The molecule has 7 heteroatoms. The van der Waals surface area contributed by atoms with Gasteiger partial charge < -0.3 is 16.0 Å². The topological polar surface area (TPSA) is 78.0 Å². The van der Waals surface area contributed by atoms with Gasteiger partial charge in [0.25, 0.3) is 0 Å². The van der Waals surface area contributed by atoms with Crippen molar-refractivity contribution in [1.82, 2.24) is 19.9 Å². The normalized spacial score (nSPS) is 20.2. The first-order valence-corrected chi connectivity index (χ1v) is 13.9. The van der Waals surface area contributed by atoms with Crippen LogP contribution in [0, 0.1) is 0 Å². The van der Waals surface area contributed by atoms with Crippen molar-refractivity contribution in [2.45, 2.75) is 83.3 Å². The van der Waals surface area contributed by atoms with Crippen molar-refractivity contribution in [2.24, 2.45) is 0 Å². The van der Waals surface area contributed by atoms with E-state index in [1.807, 2.05) is 0 Å². The molecule has 7 nitrogen and oxygen atoms in total. The number of benzene rings is 2. The highest BCUT2D eigenvalue weighted by molar-refractivity contribution is 5.86. The summed E-state index contributed by atoms with van der Waals surface area (Å²) >= 11 is 0. The number of likely N-dealkylation sites (tertiary alicyclic amines) is 1. The van der Waals surface area contributed by atoms with Crippen LogP contribution in [-0.4, -0.2) is 51.6 Å². The molecule has 2 fully saturated rings. The minimum absolute atomic E-state index is 0.0579. The highest BCUT2D eigenvalue weighted by Crippen LogP contribution is 2.27. The van der Waals surface area contributed by atoms with E-state index < -0.39 is 0 Å². The Morgan fingerprint density at radius 1 is 0.861 bits per heavy atom. The standard InChI is InChI=1S/C29H41N7/c1-3-36-19-11-16-24(36)20-30-27-33-28(35-29(34-27)32-23-14-6-4-5-7-15-23)31-21(2)25-18-10-13-22-12-8-9-17-26(22)25/h8-10,12-13,17-18,21,23-24H,3-7,11,14-16,19-20H2,1-2H3,(H3,30,31,32,33,34,35). The zero-order chi connectivity index (χ0) is 24.7. The minimum Gasteiger partial charge on any atom is -0.352 e. The van der Waals surface area contributed by atoms with Gasteiger partial charge in [-0.05, 0) is 62.0 Å². The Hall–Kier alpha value is -2.93. The summed E-state index contributed by atoms with van der Waals surface area (Å²) in [5.74, 6) is 1.94. The molecule has 5 rings (SSSR count). The molecule has 192 valence electrons. The molecule has 0 spiro atoms. The van der Waals surface area contributed by atoms with Gasteiger partial charge in [-0.1, -0.05) is 75.1 Å². The SMILES string of the molecule is CCN1CCCC1CNc1nc(NC2CCCCCC2)nc(NC(C)c2cccc3ccccc23)n1. The molecule has 2 aromatic carbocycles. The summed E-state index contributed by atoms with van der Waals surface area (Å²) in [6, 6.07) is 16.0. The molecule has 2 atom stereocenters. The van der Waals surface area contributed by atoms with Crippen molar-refractivity contribution < 1.29 is 0 Å². The molecule has 0 amide bonds. The second kappa shape index (κ2) is 11.9. The zero-order valence-electron chi connectivity index (χ0n) is 21.8. The Morgan fingerprint density at radius 2 is 1.61 bits per heavy atom. The predicted molar refractivity (Wildman–Crippen MR) is 150 cm³/mol. The number of rotatable bonds is 9. The van der Waals surface area contributed by atoms with E-state index in [0.717, 1.165) is 13.1 Å². The first-order valence-electron chi connectivity index (χ1n) is 13.9. The monoisotopic (exact) mass is 487 g/mol. The third-order valence-corrected chi connectivity index (χ3v) is 7.86. The summed E-state index contributed by atoms with van der Waals surface area (Å²) < 4.78 is 0. The first-order chi connectivity index (χ1) is 17.7. The van der Waals surface area contributed by atoms with E-state index in [1.165, 1.54) is 74.2 Å². The lowest BCUT2D eigenvalue weighted by Gasteiger charge is -2.23. The van der Waals surface area contributed by atoms with Crippen LogP contribution >= 0.6 is 0 Å². The van der Waals surface area contributed by atoms with E-state index >= 15 is 0 Å². The summed E-state index contributed by atoms with van der Waals surface area (Å²) in [4.78, 5) is 17.0. The molecule has 1 saturated carbocycles. The molecule has 2 unspecified atom stereocenters. The average molecular weight is 488 g/mol. The molecule has 1 aromatic heterocycles. The second-order valence-electron chi connectivity index (χ2n) is 10.4. The van der Waals surface area contributed by atoms with Crippen molar-refractivity contribution >= 4 is 28.6 Å². The van der Waals surface area contributed by atoms with Gasteiger partial charge in [0.15, 0.2) is 0 Å². The third kappa shape index (κ3) is 6.06. The number of aromatic nitrogens is 3. The predicted octanol–water partition coefficient (Wildman–Crippen LogP) is 6.23. The van der Waals surface area contributed by atoms with E-state index in [4.69, 9.17) is 15.0 Å². The van der Waals surface area contributed by atoms with Crippen LogP contribution in [0.25, 0.3) is 10.8 Å². The molecule has 36 heavy (non-hydrogen) atoms. The Bertz CT molecular complexity index is 1120. The first kappa shape index (κ1) is 24.8. The van der Waals surface area contributed by atoms with Crippen LogP contribution in [0.1, 0.15) is 76.8 Å². The van der Waals surface area contributed by atoms with Crippen molar-refractivity contribution in [3.05, 3.63) is 48.0 Å². The Labute approximate surface area is 215 Å². The number of nitrogens with one attached hydrogen (secondary N) is 3. The molecule has 0 bridgehead atoms. The maximum Gasteiger partial charge on any atom is 0.229 e. The van der Waals surface area contributed by atoms with Crippen molar-refractivity contribution in [2.75, 3.05) is 35.6 Å². The van der Waals surface area contributed by atoms with Crippen LogP contribution in [0.3, 0.4) is 0 Å². The summed E-state index contributed by atoms with van der Waals surface area (Å²) in [7, 11) is 0. The minimum atomic E-state index is 0.0579. The number of hydrogen-bond acceptors (Lipinski definition) is 7. The molecular weight excluding hydrogens is 446 g/mol. The molecule has 3 N–H and O–H groups in total. The number of likely N-dealkylation sites (N-methyl/N-ethyl adjacent to an activating group) is 1. The summed E-state index contributed by atoms with van der Waals surface area (Å²) in [6.45, 7) is 7.55. The Kier molecular flexibility index (Phi) is 8.16. The fraction of sp³-hybridized carbons (Fsp3) is 0.552. The highest BCUT2D eigenvalue weighted by Gasteiger charge is 2.23. The molecule has 3 aromatic rings. The van der Waals surface area contributed by atoms with Crippen molar-refractivity contribution in [1.29, 1.82) is 0 Å². The molecule has 2 heterocycles. The highest BCUT2D eigenvalue weighted by atomic mass is 15.3. The maximum atomic E-state index is 4.82. The van der Waals surface area contributed by atoms with Gasteiger partial charge in [0.05, 0.1) is 6.04 Å². The molecule has 2 aliphatic rings. The fourth-order valence-electron chi connectivity index (χ4n) is 5.84. The van der Waals surface area contributed by atoms with E-state index in [2.05, 4.69) is 77.2 Å². The molecule has 1 saturated heterocycles. The molecular formula is C29H41N7. The van der Waals surface area contributed by atoms with E-state index in [-0.39, 0.29) is 6.04 Å². The van der Waals surface area contributed by atoms with Crippen LogP contribution in [0.5, 0.6) is 0 Å². The quantitative estimate of drug-likeness (QED) is 0.309. The fourth-order valence-corrected chi connectivity index (χ4v) is 5.84. The van der Waals surface area contributed by atoms with Gasteiger partial charge in [-0.25, -0.2) is 0 Å². The average Bonchev–Trinajstić information content (AvgIpc) is 3.21. The largest absolute Gasteiger partial charge is 0.352 e. The van der Waals surface area contributed by atoms with Crippen molar-refractivity contribution in [3.63, 3.8) is 0 Å². The second-order valence-corrected chi connectivity index (χ2v) is 10.4. The zero-order valence-corrected chi connectivity index (χ0v) is 21.8. The van der Waals surface area contributed by atoms with Crippen LogP contribution in [0.2, 0.25) is 0 Å². The molecule has 1 aliphatic carbocycles. The van der Waals surface area contributed by atoms with Crippen LogP contribution in [-0.2, 0) is 0 Å². The number of nitrogens with zero attached hydrogens (tertiary/aromatic N) is 4. The molecule has 0 radical (unpaired) electrons. The lowest BCUT2D eigenvalue weighted by Crippen LogP contribution is -2.35. The van der Waals surface area contributed by atoms with Gasteiger partial charge in [-0.15, -0.1) is 0 Å². The van der Waals surface area contributed by atoms with Gasteiger partial charge in [-0.2, -0.15) is 15.0 Å². The number of anilines is 3. The third-order valence-electron chi connectivity index (χ3n) is 7.86. The van der Waals surface area contributed by atoms with E-state index in [0.29, 0.717) is 29.9 Å². The summed E-state index contributed by atoms with van der Waals surface area (Å²) in [5.41, 5.74) is 1.24. The molecule has 1 aliphatic heterocycles. The Balaban J connectivity index is 1.36. The van der Waals surface area contributed by atoms with E-state index in [1.54, 1.807) is 0 Å². The number of fused-ring (bicyclic) bond motifs is 1. The summed E-state index contributed by atoms with van der Waals surface area (Å²) in [5, 5.41) is 13.3. The lowest BCUT2D eigenvalue weighted by molar-refractivity contribution is 0.277. The Morgan fingerprint density at radius 3 is 2.44 bits per heavy atom. The summed E-state index contributed by atoms with van der Waals surface area (Å²) in [6.07, 6.45) is 10.0. The van der Waals surface area contributed by atoms with Crippen molar-refractivity contribution in [3.8, 4) is 0 Å². The van der Waals surface area contributed by atoms with Crippen LogP contribution in [0.15, 0.2) is 42.5 Å². The van der Waals surface area contributed by atoms with Crippen LogP contribution in [0.4, 0.5) is 17.8 Å². The van der Waals surface area contributed by atoms with Gasteiger partial charge in [-0.3, -0.25) is 4.90 Å². The maximum absolute atomic E-state index is 4.82. The van der Waals surface area contributed by atoms with E-state index in [9.17, 15) is 0 Å². The smallest absolute Gasteiger partial charge is 0.229 e. The number of hydrogen-bond donors (Lipinski definition) is 3. The van der Waals surface area contributed by atoms with Gasteiger partial charge >= 0.3 is 0 Å². The van der Waals surface area contributed by atoms with Gasteiger partial charge in [0.2, 0.25) is 17.8 Å².